The van der Waals surface area contributed by atoms with E-state index in [-0.39, 0.29) is 5.75 Å². The molecule has 0 atom stereocenters. The fraction of sp³-hybridized carbons (Fsp3) is 0.278. The van der Waals surface area contributed by atoms with E-state index in [4.69, 9.17) is 9.57 Å². The molecule has 2 bridgehead atoms. The smallest absolute Gasteiger partial charge is 0.415 e. The van der Waals surface area contributed by atoms with Crippen LogP contribution in [0, 0.1) is 11.3 Å². The number of carbonyl (C=O) groups excluding carboxylic acids is 2. The van der Waals surface area contributed by atoms with E-state index in [9.17, 15) is 14.9 Å². The van der Waals surface area contributed by atoms with Gasteiger partial charge in [0.15, 0.2) is 5.75 Å². The third-order valence-corrected chi connectivity index (χ3v) is 4.60. The number of fused-ring (bicyclic) bond motifs is 5. The van der Waals surface area contributed by atoms with E-state index in [1.807, 2.05) is 6.08 Å². The van der Waals surface area contributed by atoms with E-state index < -0.39 is 11.9 Å². The predicted octanol–water partition coefficient (Wildman–Crippen LogP) is 1.50. The fourth-order valence-electron chi connectivity index (χ4n) is 3.31. The van der Waals surface area contributed by atoms with Crippen molar-refractivity contribution in [3.8, 4) is 11.8 Å². The number of aromatic nitrogens is 1. The van der Waals surface area contributed by atoms with Gasteiger partial charge in [0.05, 0.1) is 5.56 Å². The molecule has 7 heteroatoms. The molecule has 0 amide bonds. The van der Waals surface area contributed by atoms with Crippen LogP contribution in [0.2, 0.25) is 0 Å². The highest BCUT2D eigenvalue weighted by Crippen LogP contribution is 2.41. The van der Waals surface area contributed by atoms with Crippen LogP contribution in [0.3, 0.4) is 0 Å². The zero-order chi connectivity index (χ0) is 17.6. The maximum Gasteiger partial charge on any atom is 0.442 e. The van der Waals surface area contributed by atoms with Crippen LogP contribution in [-0.2, 0) is 9.59 Å². The number of ether oxygens (including phenoxy) is 1. The maximum atomic E-state index is 11.9. The molecule has 2 aromatic rings. The Bertz CT molecular complexity index is 980. The summed E-state index contributed by atoms with van der Waals surface area (Å²) < 4.78 is 6.60. The van der Waals surface area contributed by atoms with Gasteiger partial charge in [0.25, 0.3) is 0 Å². The van der Waals surface area contributed by atoms with Gasteiger partial charge in [0, 0.05) is 18.5 Å². The Labute approximate surface area is 143 Å². The van der Waals surface area contributed by atoms with Crippen LogP contribution >= 0.6 is 0 Å². The number of nitrogens with zero attached hydrogens (tertiary/aromatic N) is 3. The van der Waals surface area contributed by atoms with Crippen LogP contribution in [0.25, 0.3) is 16.5 Å². The Hall–Kier alpha value is -3.11. The van der Waals surface area contributed by atoms with E-state index in [0.717, 1.165) is 31.6 Å². The van der Waals surface area contributed by atoms with Crippen LogP contribution in [-0.4, -0.2) is 41.2 Å². The van der Waals surface area contributed by atoms with E-state index in [2.05, 4.69) is 17.9 Å². The largest absolute Gasteiger partial charge is 0.442 e. The zero-order valence-electron chi connectivity index (χ0n) is 13.6. The van der Waals surface area contributed by atoms with Crippen LogP contribution in [0.1, 0.15) is 24.6 Å². The average molecular weight is 337 g/mol. The highest BCUT2D eigenvalue weighted by atomic mass is 16.7. The average Bonchev–Trinajstić information content (AvgIpc) is 2.87. The lowest BCUT2D eigenvalue weighted by atomic mass is 10.0. The second-order valence-electron chi connectivity index (χ2n) is 5.93. The lowest BCUT2D eigenvalue weighted by Crippen LogP contribution is -2.30. The van der Waals surface area contributed by atoms with E-state index in [1.54, 1.807) is 18.2 Å². The third kappa shape index (κ3) is 2.30. The quantitative estimate of drug-likeness (QED) is 0.610. The molecule has 0 fully saturated rings. The summed E-state index contributed by atoms with van der Waals surface area (Å²) in [5, 5.41) is 9.99. The van der Waals surface area contributed by atoms with Crippen molar-refractivity contribution < 1.29 is 19.2 Å². The summed E-state index contributed by atoms with van der Waals surface area (Å²) in [6.07, 6.45) is 2.77. The molecule has 3 heterocycles. The molecule has 0 aliphatic carbocycles. The van der Waals surface area contributed by atoms with Crippen molar-refractivity contribution in [3.05, 3.63) is 35.5 Å². The number of likely N-dealkylation sites (N-methyl/N-ethyl adjacent to an activating group) is 1. The lowest BCUT2D eigenvalue weighted by Gasteiger charge is -2.25. The van der Waals surface area contributed by atoms with Gasteiger partial charge in [-0.2, -0.15) is 9.99 Å². The third-order valence-electron chi connectivity index (χ3n) is 4.60. The SMILES string of the molecule is CCN1CC=C(c2c3c4cccc(C#N)c4n2OC(=O)C(=O)O3)CC1. The zero-order valence-corrected chi connectivity index (χ0v) is 13.6. The molecule has 7 nitrogen and oxygen atoms in total. The lowest BCUT2D eigenvalue weighted by molar-refractivity contribution is -0.161. The first kappa shape index (κ1) is 15.4. The summed E-state index contributed by atoms with van der Waals surface area (Å²) in [6, 6.07) is 7.20. The monoisotopic (exact) mass is 337 g/mol. The number of hydrogen-bond donors (Lipinski definition) is 0. The molecular weight excluding hydrogens is 322 g/mol. The number of esters is 1. The molecule has 1 aromatic carbocycles. The first-order valence-corrected chi connectivity index (χ1v) is 8.07. The van der Waals surface area contributed by atoms with Crippen molar-refractivity contribution in [2.24, 2.45) is 0 Å². The summed E-state index contributed by atoms with van der Waals surface area (Å²) in [5.41, 5.74) is 2.26. The van der Waals surface area contributed by atoms with E-state index >= 15 is 0 Å². The molecule has 2 aliphatic rings. The van der Waals surface area contributed by atoms with Gasteiger partial charge < -0.3 is 9.57 Å². The minimum Gasteiger partial charge on any atom is -0.415 e. The molecule has 0 unspecified atom stereocenters. The van der Waals surface area contributed by atoms with Crippen molar-refractivity contribution in [1.82, 2.24) is 9.63 Å². The highest BCUT2D eigenvalue weighted by Gasteiger charge is 2.35. The second-order valence-corrected chi connectivity index (χ2v) is 5.93. The van der Waals surface area contributed by atoms with E-state index in [1.165, 1.54) is 4.73 Å². The van der Waals surface area contributed by atoms with Crippen molar-refractivity contribution in [2.75, 3.05) is 19.6 Å². The summed E-state index contributed by atoms with van der Waals surface area (Å²) in [4.78, 5) is 31.2. The number of hydrogen-bond acceptors (Lipinski definition) is 6. The standard InChI is InChI=1S/C18H15N3O4/c1-2-20-8-6-11(7-9-20)15-16-13-5-3-4-12(10-19)14(13)21(15)25-18(23)17(22)24-16/h3-6H,2,7-9H2,1H3. The Morgan fingerprint density at radius 3 is 2.80 bits per heavy atom. The van der Waals surface area contributed by atoms with Crippen LogP contribution < -0.4 is 9.57 Å². The normalized spacial score (nSPS) is 17.5. The van der Waals surface area contributed by atoms with Gasteiger partial charge in [-0.15, -0.1) is 0 Å². The minimum absolute atomic E-state index is 0.277. The molecule has 0 N–H and O–H groups in total. The molecule has 2 aliphatic heterocycles. The maximum absolute atomic E-state index is 11.9. The van der Waals surface area contributed by atoms with Crippen LogP contribution in [0.15, 0.2) is 24.3 Å². The predicted molar refractivity (Wildman–Crippen MR) is 88.6 cm³/mol. The van der Waals surface area contributed by atoms with Gasteiger partial charge in [-0.05, 0) is 30.7 Å². The summed E-state index contributed by atoms with van der Waals surface area (Å²) in [7, 11) is 0. The molecule has 0 spiro atoms. The number of carbonyl (C=O) groups is 2. The van der Waals surface area contributed by atoms with Crippen molar-refractivity contribution in [2.45, 2.75) is 13.3 Å². The Morgan fingerprint density at radius 1 is 1.28 bits per heavy atom. The van der Waals surface area contributed by atoms with Crippen molar-refractivity contribution in [3.63, 3.8) is 0 Å². The highest BCUT2D eigenvalue weighted by molar-refractivity contribution is 6.31. The second kappa shape index (κ2) is 5.76. The summed E-state index contributed by atoms with van der Waals surface area (Å²) in [5.74, 6) is -1.88. The van der Waals surface area contributed by atoms with Gasteiger partial charge in [0.1, 0.15) is 17.3 Å². The molecule has 1 aromatic heterocycles. The molecule has 4 rings (SSSR count). The number of nitriles is 1. The van der Waals surface area contributed by atoms with Crippen molar-refractivity contribution >= 4 is 28.4 Å². The fourth-order valence-corrected chi connectivity index (χ4v) is 3.31. The first-order chi connectivity index (χ1) is 12.1. The van der Waals surface area contributed by atoms with Crippen LogP contribution in [0.4, 0.5) is 0 Å². The number of benzene rings is 1. The summed E-state index contributed by atoms with van der Waals surface area (Å²) >= 11 is 0. The molecule has 126 valence electrons. The van der Waals surface area contributed by atoms with Crippen LogP contribution in [0.5, 0.6) is 5.75 Å². The van der Waals surface area contributed by atoms with E-state index in [0.29, 0.717) is 22.2 Å². The first-order valence-electron chi connectivity index (χ1n) is 8.07. The van der Waals surface area contributed by atoms with Gasteiger partial charge >= 0.3 is 11.9 Å². The Kier molecular flexibility index (Phi) is 3.55. The van der Waals surface area contributed by atoms with Gasteiger partial charge in [-0.3, -0.25) is 4.90 Å². The molecule has 0 radical (unpaired) electrons. The molecule has 0 saturated heterocycles. The molecule has 0 saturated carbocycles. The topological polar surface area (TPSA) is 84.6 Å². The van der Waals surface area contributed by atoms with Gasteiger partial charge in [-0.25, -0.2) is 9.59 Å². The van der Waals surface area contributed by atoms with Gasteiger partial charge in [-0.1, -0.05) is 19.1 Å². The van der Waals surface area contributed by atoms with Crippen molar-refractivity contribution in [1.29, 1.82) is 5.26 Å². The minimum atomic E-state index is -1.10. The molecular formula is C18H15N3O4. The Morgan fingerprint density at radius 2 is 2.12 bits per heavy atom. The number of rotatable bonds is 2. The molecule has 25 heavy (non-hydrogen) atoms. The number of para-hydroxylation sites is 1. The summed E-state index contributed by atoms with van der Waals surface area (Å²) in [6.45, 7) is 4.66. The van der Waals surface area contributed by atoms with Gasteiger partial charge in [0.2, 0.25) is 0 Å². The Balaban J connectivity index is 1.99.